The third-order valence-electron chi connectivity index (χ3n) is 5.49. The van der Waals surface area contributed by atoms with Gasteiger partial charge in [-0.2, -0.15) is 0 Å². The Hall–Kier alpha value is -1.62. The second-order valence-electron chi connectivity index (χ2n) is 8.27. The van der Waals surface area contributed by atoms with E-state index in [1.807, 2.05) is 43.3 Å². The highest BCUT2D eigenvalue weighted by Gasteiger charge is 2.29. The van der Waals surface area contributed by atoms with Crippen LogP contribution in [0.1, 0.15) is 76.5 Å². The van der Waals surface area contributed by atoms with Crippen LogP contribution in [0.4, 0.5) is 0 Å². The number of unbranched alkanes of at least 4 members (excludes halogenated alkanes) is 2. The number of halogens is 2. The largest absolute Gasteiger partial charge is 0.493 e. The topological polar surface area (TPSA) is 52.3 Å². The second-order valence-corrected chi connectivity index (χ2v) is 9.62. The maximum Gasteiger partial charge on any atom is 0.169 e. The van der Waals surface area contributed by atoms with Gasteiger partial charge in [-0.05, 0) is 73.3 Å². The summed E-state index contributed by atoms with van der Waals surface area (Å²) in [5, 5.41) is 0.668. The SMILES string of the molecule is C/C=C(/C(=O)C1COc2ccc(Cl)cc2C1)c1ccc(Br)cc1C(C)C.CCCCC.CN. The number of carbonyl (C=O) groups excluding carboxylic acids is 1. The van der Waals surface area contributed by atoms with Gasteiger partial charge in [0.1, 0.15) is 5.75 Å². The molecule has 2 N–H and O–H groups in total. The zero-order valence-corrected chi connectivity index (χ0v) is 23.2. The van der Waals surface area contributed by atoms with Crippen molar-refractivity contribution in [3.05, 3.63) is 68.7 Å². The average molecular weight is 537 g/mol. The number of ether oxygens (including phenoxy) is 1. The third-order valence-corrected chi connectivity index (χ3v) is 6.22. The fourth-order valence-corrected chi connectivity index (χ4v) is 4.37. The van der Waals surface area contributed by atoms with Crippen LogP contribution in [0.3, 0.4) is 0 Å². The Labute approximate surface area is 213 Å². The molecule has 33 heavy (non-hydrogen) atoms. The monoisotopic (exact) mass is 535 g/mol. The Kier molecular flexibility index (Phi) is 13.6. The van der Waals surface area contributed by atoms with Crippen LogP contribution >= 0.6 is 27.5 Å². The van der Waals surface area contributed by atoms with Crippen molar-refractivity contribution in [2.45, 2.75) is 66.2 Å². The minimum atomic E-state index is -0.198. The molecule has 2 aromatic carbocycles. The maximum atomic E-state index is 13.3. The maximum absolute atomic E-state index is 13.3. The summed E-state index contributed by atoms with van der Waals surface area (Å²) in [4.78, 5) is 13.3. The molecule has 2 aromatic rings. The first-order valence-electron chi connectivity index (χ1n) is 11.8. The first-order chi connectivity index (χ1) is 15.8. The van der Waals surface area contributed by atoms with Crippen LogP contribution in [0.25, 0.3) is 5.57 Å². The number of fused-ring (bicyclic) bond motifs is 1. The highest BCUT2D eigenvalue weighted by Crippen LogP contribution is 2.35. The Morgan fingerprint density at radius 3 is 2.39 bits per heavy atom. The smallest absolute Gasteiger partial charge is 0.169 e. The zero-order chi connectivity index (χ0) is 25.0. The van der Waals surface area contributed by atoms with Crippen LogP contribution in [0, 0.1) is 5.92 Å². The fraction of sp³-hybridized carbons (Fsp3) is 0.464. The van der Waals surface area contributed by atoms with Crippen molar-refractivity contribution in [3.8, 4) is 5.75 Å². The molecule has 0 fully saturated rings. The Morgan fingerprint density at radius 2 is 1.85 bits per heavy atom. The summed E-state index contributed by atoms with van der Waals surface area (Å²) < 4.78 is 6.85. The minimum Gasteiger partial charge on any atom is -0.493 e. The number of hydrogen-bond donors (Lipinski definition) is 1. The van der Waals surface area contributed by atoms with Crippen molar-refractivity contribution in [2.24, 2.45) is 11.7 Å². The van der Waals surface area contributed by atoms with Crippen LogP contribution in [0.2, 0.25) is 5.02 Å². The van der Waals surface area contributed by atoms with Gasteiger partial charge in [-0.1, -0.05) is 86.6 Å². The van der Waals surface area contributed by atoms with Gasteiger partial charge >= 0.3 is 0 Å². The number of benzene rings is 2. The number of allylic oxidation sites excluding steroid dienone is 2. The molecule has 0 saturated carbocycles. The van der Waals surface area contributed by atoms with Crippen LogP contribution in [0.5, 0.6) is 5.75 Å². The molecule has 1 unspecified atom stereocenters. The Balaban J connectivity index is 0.000000689. The van der Waals surface area contributed by atoms with Crippen LogP contribution in [-0.4, -0.2) is 19.4 Å². The molecule has 1 aliphatic rings. The predicted octanol–water partition coefficient (Wildman–Crippen LogP) is 8.22. The lowest BCUT2D eigenvalue weighted by atomic mass is 9.84. The normalized spacial score (nSPS) is 14.8. The van der Waals surface area contributed by atoms with Crippen LogP contribution < -0.4 is 10.5 Å². The lowest BCUT2D eigenvalue weighted by Gasteiger charge is -2.26. The summed E-state index contributed by atoms with van der Waals surface area (Å²) in [6.45, 7) is 11.0. The standard InChI is InChI=1S/C22H22BrClO2.C5H12.CH5N/c1-4-18(19-7-5-16(23)11-20(19)13(2)3)22(25)15-9-14-10-17(24)6-8-21(14)26-12-15;1-3-5-4-2;1-2/h4-8,10-11,13,15H,9,12H2,1-3H3;3-5H2,1-2H3;2H2,1H3/b18-4+;;. The molecule has 0 radical (unpaired) electrons. The number of nitrogens with two attached hydrogens (primary N) is 1. The average Bonchev–Trinajstić information content (AvgIpc) is 2.82. The lowest BCUT2D eigenvalue weighted by molar-refractivity contribution is -0.118. The van der Waals surface area contributed by atoms with Crippen molar-refractivity contribution in [2.75, 3.05) is 13.7 Å². The predicted molar refractivity (Wildman–Crippen MR) is 146 cm³/mol. The molecule has 3 rings (SSSR count). The van der Waals surface area contributed by atoms with E-state index in [1.165, 1.54) is 31.9 Å². The van der Waals surface area contributed by atoms with Gasteiger partial charge in [0.15, 0.2) is 5.78 Å². The van der Waals surface area contributed by atoms with E-state index in [0.717, 1.165) is 26.9 Å². The molecular weight excluding hydrogens is 498 g/mol. The van der Waals surface area contributed by atoms with E-state index in [0.29, 0.717) is 24.0 Å². The number of hydrogen-bond acceptors (Lipinski definition) is 3. The van der Waals surface area contributed by atoms with E-state index in [-0.39, 0.29) is 11.7 Å². The number of carbonyl (C=O) groups is 1. The van der Waals surface area contributed by atoms with Crippen LogP contribution in [0.15, 0.2) is 46.9 Å². The summed E-state index contributed by atoms with van der Waals surface area (Å²) >= 11 is 9.64. The molecule has 0 bridgehead atoms. The van der Waals surface area contributed by atoms with E-state index in [1.54, 1.807) is 0 Å². The Bertz CT molecular complexity index is 922. The van der Waals surface area contributed by atoms with Gasteiger partial charge in [0.2, 0.25) is 0 Å². The molecule has 0 spiro atoms. The summed E-state index contributed by atoms with van der Waals surface area (Å²) in [7, 11) is 1.50. The molecule has 0 saturated heterocycles. The van der Waals surface area contributed by atoms with E-state index >= 15 is 0 Å². The molecule has 1 heterocycles. The molecule has 0 amide bonds. The first-order valence-corrected chi connectivity index (χ1v) is 13.0. The molecule has 5 heteroatoms. The van der Waals surface area contributed by atoms with E-state index in [2.05, 4.69) is 55.4 Å². The molecule has 0 aliphatic carbocycles. The van der Waals surface area contributed by atoms with Crippen LogP contribution in [-0.2, 0) is 11.2 Å². The number of ketones is 1. The van der Waals surface area contributed by atoms with E-state index < -0.39 is 0 Å². The van der Waals surface area contributed by atoms with E-state index in [9.17, 15) is 4.79 Å². The summed E-state index contributed by atoms with van der Waals surface area (Å²) in [5.41, 5.74) is 8.44. The second kappa shape index (κ2) is 15.3. The lowest BCUT2D eigenvalue weighted by Crippen LogP contribution is -2.29. The third kappa shape index (κ3) is 8.59. The van der Waals surface area contributed by atoms with Crippen molar-refractivity contribution in [1.29, 1.82) is 0 Å². The summed E-state index contributed by atoms with van der Waals surface area (Å²) in [6, 6.07) is 11.7. The van der Waals surface area contributed by atoms with Gasteiger partial charge in [-0.25, -0.2) is 0 Å². The molecular formula is C28H39BrClNO2. The van der Waals surface area contributed by atoms with E-state index in [4.69, 9.17) is 16.3 Å². The van der Waals surface area contributed by atoms with Crippen molar-refractivity contribution in [3.63, 3.8) is 0 Å². The Morgan fingerprint density at radius 1 is 1.18 bits per heavy atom. The van der Waals surface area contributed by atoms with Gasteiger partial charge in [-0.3, -0.25) is 4.79 Å². The highest BCUT2D eigenvalue weighted by atomic mass is 79.9. The zero-order valence-electron chi connectivity index (χ0n) is 20.9. The van der Waals surface area contributed by atoms with Crippen molar-refractivity contribution in [1.82, 2.24) is 0 Å². The van der Waals surface area contributed by atoms with Gasteiger partial charge in [0, 0.05) is 15.1 Å². The molecule has 3 nitrogen and oxygen atoms in total. The summed E-state index contributed by atoms with van der Waals surface area (Å²) in [6.07, 6.45) is 6.65. The van der Waals surface area contributed by atoms with Gasteiger partial charge in [-0.15, -0.1) is 0 Å². The molecule has 0 aromatic heterocycles. The summed E-state index contributed by atoms with van der Waals surface area (Å²) in [5.74, 6) is 1.08. The minimum absolute atomic E-state index is 0.127. The number of Topliss-reactive ketones (excluding diaryl/α,β-unsaturated/α-hetero) is 1. The van der Waals surface area contributed by atoms with Gasteiger partial charge < -0.3 is 10.5 Å². The first kappa shape index (κ1) is 29.4. The van der Waals surface area contributed by atoms with Crippen molar-refractivity contribution >= 4 is 38.9 Å². The number of rotatable bonds is 6. The fourth-order valence-electron chi connectivity index (χ4n) is 3.79. The quantitative estimate of drug-likeness (QED) is 0.378. The van der Waals surface area contributed by atoms with Gasteiger partial charge in [0.25, 0.3) is 0 Å². The highest BCUT2D eigenvalue weighted by molar-refractivity contribution is 9.10. The van der Waals surface area contributed by atoms with Gasteiger partial charge in [0.05, 0.1) is 12.5 Å². The van der Waals surface area contributed by atoms with Crippen molar-refractivity contribution < 1.29 is 9.53 Å². The molecule has 1 aliphatic heterocycles. The molecule has 1 atom stereocenters. The molecule has 182 valence electrons.